The standard InChI is InChI=1S/C16H11N/c1-11-13-7-3-5-9-15(13)17-14-8-4-2-6-12(14)10-16(11)17/h2-10H,1H2. The first-order valence-corrected chi connectivity index (χ1v) is 5.76. The Hall–Kier alpha value is -2.28. The summed E-state index contributed by atoms with van der Waals surface area (Å²) in [5.41, 5.74) is 3.72. The van der Waals surface area contributed by atoms with Crippen LogP contribution in [0.15, 0.2) is 54.6 Å². The molecule has 2 aromatic carbocycles. The van der Waals surface area contributed by atoms with Crippen molar-refractivity contribution in [3.63, 3.8) is 0 Å². The molecule has 0 fully saturated rings. The van der Waals surface area contributed by atoms with E-state index in [-0.39, 0.29) is 0 Å². The quantitative estimate of drug-likeness (QED) is 0.425. The lowest BCUT2D eigenvalue weighted by Crippen LogP contribution is -1.92. The highest BCUT2D eigenvalue weighted by Gasteiger charge is 2.09. The molecule has 0 aliphatic heterocycles. The van der Waals surface area contributed by atoms with E-state index in [0.717, 1.165) is 5.22 Å². The maximum Gasteiger partial charge on any atom is 0.0542 e. The zero-order valence-corrected chi connectivity index (χ0v) is 9.35. The summed E-state index contributed by atoms with van der Waals surface area (Å²) in [5, 5.41) is 3.64. The van der Waals surface area contributed by atoms with Gasteiger partial charge >= 0.3 is 0 Å². The number of benzene rings is 2. The maximum atomic E-state index is 4.21. The van der Waals surface area contributed by atoms with Gasteiger partial charge in [-0.05, 0) is 18.2 Å². The smallest absolute Gasteiger partial charge is 0.0542 e. The van der Waals surface area contributed by atoms with Crippen LogP contribution in [0.5, 0.6) is 0 Å². The minimum absolute atomic E-state index is 1.12. The van der Waals surface area contributed by atoms with Crippen LogP contribution in [0, 0.1) is 0 Å². The molecule has 80 valence electrons. The number of hydrogen-bond acceptors (Lipinski definition) is 0. The van der Waals surface area contributed by atoms with Crippen molar-refractivity contribution in [2.45, 2.75) is 0 Å². The van der Waals surface area contributed by atoms with Gasteiger partial charge in [0.25, 0.3) is 0 Å². The number of hydrogen-bond donors (Lipinski definition) is 0. The fourth-order valence-corrected chi connectivity index (χ4v) is 2.70. The van der Waals surface area contributed by atoms with Gasteiger partial charge in [-0.2, -0.15) is 0 Å². The molecule has 0 bridgehead atoms. The van der Waals surface area contributed by atoms with Gasteiger partial charge in [0.05, 0.1) is 16.6 Å². The Bertz CT molecular complexity index is 899. The zero-order chi connectivity index (χ0) is 11.4. The molecular weight excluding hydrogens is 206 g/mol. The summed E-state index contributed by atoms with van der Waals surface area (Å²) >= 11 is 0. The van der Waals surface area contributed by atoms with Crippen molar-refractivity contribution in [2.75, 3.05) is 0 Å². The minimum atomic E-state index is 1.12. The normalized spacial score (nSPS) is 11.8. The summed E-state index contributed by atoms with van der Waals surface area (Å²) in [6.45, 7) is 4.21. The largest absolute Gasteiger partial charge is 0.309 e. The fraction of sp³-hybridized carbons (Fsp3) is 0. The Balaban J connectivity index is 2.46. The highest BCUT2D eigenvalue weighted by Crippen LogP contribution is 2.24. The van der Waals surface area contributed by atoms with Crippen LogP contribution in [0.4, 0.5) is 0 Å². The van der Waals surface area contributed by atoms with E-state index < -0.39 is 0 Å². The van der Waals surface area contributed by atoms with Crippen LogP contribution >= 0.6 is 0 Å². The average Bonchev–Trinajstić information content (AvgIpc) is 2.88. The van der Waals surface area contributed by atoms with E-state index in [1.807, 2.05) is 0 Å². The third-order valence-electron chi connectivity index (χ3n) is 3.49. The predicted octanol–water partition coefficient (Wildman–Crippen LogP) is 3.37. The van der Waals surface area contributed by atoms with Crippen LogP contribution in [0.1, 0.15) is 0 Å². The van der Waals surface area contributed by atoms with E-state index >= 15 is 0 Å². The fourth-order valence-electron chi connectivity index (χ4n) is 2.70. The summed E-state index contributed by atoms with van der Waals surface area (Å²) in [7, 11) is 0. The van der Waals surface area contributed by atoms with Crippen LogP contribution in [-0.4, -0.2) is 4.40 Å². The average molecular weight is 217 g/mol. The van der Waals surface area contributed by atoms with Crippen LogP contribution in [-0.2, 0) is 0 Å². The molecule has 2 aromatic heterocycles. The van der Waals surface area contributed by atoms with E-state index in [2.05, 4.69) is 65.6 Å². The molecule has 17 heavy (non-hydrogen) atoms. The second-order valence-corrected chi connectivity index (χ2v) is 4.42. The maximum absolute atomic E-state index is 4.21. The molecule has 0 saturated carbocycles. The van der Waals surface area contributed by atoms with Gasteiger partial charge in [-0.1, -0.05) is 43.0 Å². The van der Waals surface area contributed by atoms with Gasteiger partial charge < -0.3 is 4.40 Å². The van der Waals surface area contributed by atoms with Crippen molar-refractivity contribution in [3.8, 4) is 0 Å². The van der Waals surface area contributed by atoms with Crippen LogP contribution in [0.2, 0.25) is 0 Å². The molecule has 0 radical (unpaired) electrons. The van der Waals surface area contributed by atoms with Crippen LogP contribution in [0.3, 0.4) is 0 Å². The minimum Gasteiger partial charge on any atom is -0.309 e. The van der Waals surface area contributed by atoms with E-state index in [4.69, 9.17) is 0 Å². The first-order valence-electron chi connectivity index (χ1n) is 5.76. The monoisotopic (exact) mass is 217 g/mol. The van der Waals surface area contributed by atoms with Crippen molar-refractivity contribution in [1.82, 2.24) is 4.40 Å². The van der Waals surface area contributed by atoms with Gasteiger partial charge in [0.1, 0.15) is 0 Å². The van der Waals surface area contributed by atoms with Gasteiger partial charge in [0, 0.05) is 16.0 Å². The Kier molecular flexibility index (Phi) is 1.50. The molecule has 4 rings (SSSR count). The number of aromatic nitrogens is 1. The van der Waals surface area contributed by atoms with Crippen molar-refractivity contribution in [3.05, 3.63) is 59.8 Å². The van der Waals surface area contributed by atoms with Crippen LogP contribution < -0.4 is 5.22 Å². The Morgan fingerprint density at radius 2 is 1.47 bits per heavy atom. The molecule has 0 aliphatic rings. The summed E-state index contributed by atoms with van der Waals surface area (Å²) in [5.74, 6) is 0. The van der Waals surface area contributed by atoms with E-state index in [1.165, 1.54) is 27.3 Å². The molecule has 2 heterocycles. The summed E-state index contributed by atoms with van der Waals surface area (Å²) in [6.07, 6.45) is 0. The second-order valence-electron chi connectivity index (χ2n) is 4.42. The van der Waals surface area contributed by atoms with Crippen molar-refractivity contribution in [1.29, 1.82) is 0 Å². The summed E-state index contributed by atoms with van der Waals surface area (Å²) in [4.78, 5) is 0. The summed E-state index contributed by atoms with van der Waals surface area (Å²) in [6, 6.07) is 19.1. The predicted molar refractivity (Wildman–Crippen MR) is 73.1 cm³/mol. The lowest BCUT2D eigenvalue weighted by atomic mass is 10.2. The van der Waals surface area contributed by atoms with Gasteiger partial charge in [0.2, 0.25) is 0 Å². The van der Waals surface area contributed by atoms with Crippen molar-refractivity contribution < 1.29 is 0 Å². The molecule has 0 spiro atoms. The summed E-state index contributed by atoms with van der Waals surface area (Å²) < 4.78 is 2.30. The second kappa shape index (κ2) is 2.89. The third kappa shape index (κ3) is 0.986. The highest BCUT2D eigenvalue weighted by atomic mass is 14.9. The topological polar surface area (TPSA) is 4.41 Å². The van der Waals surface area contributed by atoms with Gasteiger partial charge in [0.15, 0.2) is 0 Å². The molecule has 1 nitrogen and oxygen atoms in total. The van der Waals surface area contributed by atoms with Gasteiger partial charge in [-0.3, -0.25) is 0 Å². The lowest BCUT2D eigenvalue weighted by molar-refractivity contribution is 1.36. The molecule has 0 aliphatic carbocycles. The third-order valence-corrected chi connectivity index (χ3v) is 3.49. The van der Waals surface area contributed by atoms with Crippen molar-refractivity contribution >= 4 is 33.9 Å². The first kappa shape index (κ1) is 8.82. The zero-order valence-electron chi connectivity index (χ0n) is 9.35. The molecule has 0 unspecified atom stereocenters. The number of para-hydroxylation sites is 2. The SMILES string of the molecule is C=c1c2ccccc2n2c1cc1ccccc12. The van der Waals surface area contributed by atoms with E-state index in [9.17, 15) is 0 Å². The molecule has 0 amide bonds. The van der Waals surface area contributed by atoms with Gasteiger partial charge in [-0.15, -0.1) is 0 Å². The van der Waals surface area contributed by atoms with Crippen molar-refractivity contribution in [2.24, 2.45) is 0 Å². The Morgan fingerprint density at radius 1 is 0.765 bits per heavy atom. The highest BCUT2D eigenvalue weighted by molar-refractivity contribution is 5.98. The van der Waals surface area contributed by atoms with E-state index in [0.29, 0.717) is 0 Å². The Labute approximate surface area is 98.6 Å². The van der Waals surface area contributed by atoms with Gasteiger partial charge in [-0.25, -0.2) is 0 Å². The Morgan fingerprint density at radius 3 is 2.35 bits per heavy atom. The van der Waals surface area contributed by atoms with Crippen LogP contribution in [0.25, 0.3) is 33.9 Å². The number of rotatable bonds is 0. The molecule has 4 aromatic rings. The lowest BCUT2D eigenvalue weighted by Gasteiger charge is -1.95. The number of nitrogens with zero attached hydrogens (tertiary/aromatic N) is 1. The molecule has 1 heteroatoms. The first-order chi connectivity index (χ1) is 8.36. The molecule has 0 saturated heterocycles. The number of fused-ring (bicyclic) bond motifs is 5. The molecular formula is C16H11N. The van der Waals surface area contributed by atoms with E-state index in [1.54, 1.807) is 0 Å². The molecule has 0 N–H and O–H groups in total. The molecule has 0 atom stereocenters.